The summed E-state index contributed by atoms with van der Waals surface area (Å²) in [5, 5.41) is 3.13. The van der Waals surface area contributed by atoms with Gasteiger partial charge in [-0.15, -0.1) is 0 Å². The molecular formula is C29H24ClN3O5S2. The molecule has 3 amide bonds. The minimum Gasteiger partial charge on any atom is -0.493 e. The summed E-state index contributed by atoms with van der Waals surface area (Å²) >= 11 is 12.8. The van der Waals surface area contributed by atoms with E-state index in [2.05, 4.69) is 5.32 Å². The number of halogens is 1. The summed E-state index contributed by atoms with van der Waals surface area (Å²) in [5.41, 5.74) is 2.76. The van der Waals surface area contributed by atoms with Crippen molar-refractivity contribution < 1.29 is 23.9 Å². The minimum absolute atomic E-state index is 0.243. The molecule has 0 atom stereocenters. The highest BCUT2D eigenvalue weighted by atomic mass is 35.5. The summed E-state index contributed by atoms with van der Waals surface area (Å²) in [6.07, 6.45) is 0.522. The summed E-state index contributed by atoms with van der Waals surface area (Å²) in [5.74, 6) is 0.0244. The van der Waals surface area contributed by atoms with E-state index in [1.54, 1.807) is 62.8 Å². The second-order valence-corrected chi connectivity index (χ2v) is 11.0. The molecule has 8 nitrogen and oxygen atoms in total. The molecule has 0 radical (unpaired) electrons. The molecule has 0 aliphatic carbocycles. The van der Waals surface area contributed by atoms with Gasteiger partial charge in [0, 0.05) is 12.1 Å². The zero-order valence-corrected chi connectivity index (χ0v) is 24.0. The molecule has 1 fully saturated rings. The molecule has 0 unspecified atom stereocenters. The van der Waals surface area contributed by atoms with Crippen LogP contribution in [0, 0.1) is 0 Å². The van der Waals surface area contributed by atoms with Crippen LogP contribution in [-0.4, -0.2) is 54.3 Å². The number of thiocarbonyl (C=S) groups is 1. The fraction of sp³-hybridized carbons (Fsp3) is 0.172. The number of hydrogen-bond acceptors (Lipinski definition) is 7. The first-order valence-corrected chi connectivity index (χ1v) is 13.9. The number of fused-ring (bicyclic) bond motifs is 1. The maximum Gasteiger partial charge on any atom is 0.267 e. The number of carbonyl (C=O) groups excluding carboxylic acids is 3. The summed E-state index contributed by atoms with van der Waals surface area (Å²) in [4.78, 5) is 43.2. The lowest BCUT2D eigenvalue weighted by Gasteiger charge is -2.17. The summed E-state index contributed by atoms with van der Waals surface area (Å²) in [6.45, 7) is 0.0842. The minimum atomic E-state index is -0.434. The van der Waals surface area contributed by atoms with Crippen molar-refractivity contribution in [3.8, 4) is 11.5 Å². The Labute approximate surface area is 245 Å². The van der Waals surface area contributed by atoms with Crippen molar-refractivity contribution >= 4 is 74.6 Å². The SMILES string of the molecule is COc1ccc(CCN2C(=O)C(=C3C(=O)N(CC(=O)Nc4ccccc4Cl)c4ccccc43)SC2=S)cc1OC. The van der Waals surface area contributed by atoms with Crippen molar-refractivity contribution in [1.29, 1.82) is 0 Å². The second kappa shape index (κ2) is 11.7. The van der Waals surface area contributed by atoms with E-state index < -0.39 is 11.8 Å². The molecule has 2 heterocycles. The molecule has 5 rings (SSSR count). The monoisotopic (exact) mass is 593 g/mol. The average molecular weight is 594 g/mol. The van der Waals surface area contributed by atoms with Crippen molar-refractivity contribution in [2.45, 2.75) is 6.42 Å². The third kappa shape index (κ3) is 5.30. The van der Waals surface area contributed by atoms with E-state index in [9.17, 15) is 14.4 Å². The van der Waals surface area contributed by atoms with Crippen LogP contribution in [0.25, 0.3) is 5.57 Å². The summed E-state index contributed by atoms with van der Waals surface area (Å²) in [6, 6.07) is 19.5. The zero-order valence-electron chi connectivity index (χ0n) is 21.6. The fourth-order valence-electron chi connectivity index (χ4n) is 4.57. The van der Waals surface area contributed by atoms with Crippen LogP contribution in [0.5, 0.6) is 11.5 Å². The number of carbonyl (C=O) groups is 3. The van der Waals surface area contributed by atoms with Crippen molar-refractivity contribution in [2.75, 3.05) is 37.5 Å². The molecule has 40 heavy (non-hydrogen) atoms. The Morgan fingerprint density at radius 1 is 0.950 bits per heavy atom. The second-order valence-electron chi connectivity index (χ2n) is 8.90. The average Bonchev–Trinajstić information content (AvgIpc) is 3.39. The molecule has 3 aromatic rings. The molecule has 3 aromatic carbocycles. The number of nitrogens with zero attached hydrogens (tertiary/aromatic N) is 2. The Morgan fingerprint density at radius 2 is 1.68 bits per heavy atom. The van der Waals surface area contributed by atoms with Gasteiger partial charge >= 0.3 is 0 Å². The van der Waals surface area contributed by atoms with Crippen molar-refractivity contribution in [3.05, 3.63) is 87.8 Å². The predicted octanol–water partition coefficient (Wildman–Crippen LogP) is 5.16. The molecule has 1 saturated heterocycles. The number of ether oxygens (including phenoxy) is 2. The Bertz CT molecular complexity index is 1570. The van der Waals surface area contributed by atoms with Crippen molar-refractivity contribution in [1.82, 2.24) is 4.90 Å². The Hall–Kier alpha value is -3.86. The first-order valence-electron chi connectivity index (χ1n) is 12.3. The number of rotatable bonds is 8. The van der Waals surface area contributed by atoms with Gasteiger partial charge in [-0.25, -0.2) is 0 Å². The number of methoxy groups -OCH3 is 2. The quantitative estimate of drug-likeness (QED) is 0.285. The van der Waals surface area contributed by atoms with Crippen molar-refractivity contribution in [2.24, 2.45) is 0 Å². The Morgan fingerprint density at radius 3 is 2.42 bits per heavy atom. The molecule has 2 aliphatic rings. The first kappa shape index (κ1) is 27.7. The Balaban J connectivity index is 1.37. The number of amides is 3. The lowest BCUT2D eigenvalue weighted by molar-refractivity contribution is -0.122. The third-order valence-electron chi connectivity index (χ3n) is 6.52. The number of nitrogens with one attached hydrogen (secondary N) is 1. The summed E-state index contributed by atoms with van der Waals surface area (Å²) < 4.78 is 11.0. The van der Waals surface area contributed by atoms with Gasteiger partial charge in [0.25, 0.3) is 11.8 Å². The Kier molecular flexibility index (Phi) is 8.11. The van der Waals surface area contributed by atoms with E-state index in [1.807, 2.05) is 18.2 Å². The molecule has 11 heteroatoms. The molecule has 0 saturated carbocycles. The van der Waals surface area contributed by atoms with Crippen LogP contribution in [0.3, 0.4) is 0 Å². The van der Waals surface area contributed by atoms with Crippen LogP contribution in [0.4, 0.5) is 11.4 Å². The van der Waals surface area contributed by atoms with Gasteiger partial charge in [0.15, 0.2) is 11.5 Å². The van der Waals surface area contributed by atoms with E-state index in [0.717, 1.165) is 17.3 Å². The molecule has 1 N–H and O–H groups in total. The molecular weight excluding hydrogens is 570 g/mol. The van der Waals surface area contributed by atoms with Crippen LogP contribution in [0.1, 0.15) is 11.1 Å². The molecule has 0 spiro atoms. The van der Waals surface area contributed by atoms with Gasteiger partial charge in [-0.1, -0.05) is 72.0 Å². The van der Waals surface area contributed by atoms with Gasteiger partial charge in [-0.3, -0.25) is 24.2 Å². The van der Waals surface area contributed by atoms with Crippen molar-refractivity contribution in [3.63, 3.8) is 0 Å². The van der Waals surface area contributed by atoms with Gasteiger partial charge in [-0.05, 0) is 42.3 Å². The third-order valence-corrected chi connectivity index (χ3v) is 8.30. The lowest BCUT2D eigenvalue weighted by atomic mass is 10.1. The van der Waals surface area contributed by atoms with Crippen LogP contribution < -0.4 is 19.7 Å². The van der Waals surface area contributed by atoms with Gasteiger partial charge in [-0.2, -0.15) is 0 Å². The van der Waals surface area contributed by atoms with Gasteiger partial charge in [0.05, 0.1) is 41.1 Å². The highest BCUT2D eigenvalue weighted by molar-refractivity contribution is 8.26. The largest absolute Gasteiger partial charge is 0.493 e. The number of para-hydroxylation sites is 2. The normalized spacial score (nSPS) is 16.4. The predicted molar refractivity (Wildman–Crippen MR) is 161 cm³/mol. The molecule has 0 bridgehead atoms. The number of benzene rings is 3. The smallest absolute Gasteiger partial charge is 0.267 e. The van der Waals surface area contributed by atoms with Gasteiger partial charge in [0.2, 0.25) is 5.91 Å². The molecule has 2 aliphatic heterocycles. The number of thioether (sulfide) groups is 1. The van der Waals surface area contributed by atoms with E-state index in [-0.39, 0.29) is 22.9 Å². The van der Waals surface area contributed by atoms with Crippen LogP contribution in [-0.2, 0) is 20.8 Å². The fourth-order valence-corrected chi connectivity index (χ4v) is 6.13. The van der Waals surface area contributed by atoms with Crippen LogP contribution in [0.15, 0.2) is 71.6 Å². The maximum atomic E-state index is 13.7. The van der Waals surface area contributed by atoms with Gasteiger partial charge < -0.3 is 14.8 Å². The lowest BCUT2D eigenvalue weighted by Crippen LogP contribution is -2.35. The van der Waals surface area contributed by atoms with E-state index >= 15 is 0 Å². The van der Waals surface area contributed by atoms with E-state index in [4.69, 9.17) is 33.3 Å². The number of anilines is 2. The number of hydrogen-bond donors (Lipinski definition) is 1. The highest BCUT2D eigenvalue weighted by Gasteiger charge is 2.42. The highest BCUT2D eigenvalue weighted by Crippen LogP contribution is 2.44. The zero-order chi connectivity index (χ0) is 28.4. The molecule has 0 aromatic heterocycles. The molecule has 204 valence electrons. The van der Waals surface area contributed by atoms with E-state index in [0.29, 0.717) is 50.7 Å². The standard InChI is InChI=1S/C29H24ClN3O5S2/c1-37-22-12-11-17(15-23(22)38-2)13-14-32-28(36)26(40-29(32)39)25-18-7-3-6-10-21(18)33(27(25)35)16-24(34)31-20-9-5-4-8-19(20)30/h3-12,15H,13-14,16H2,1-2H3,(H,31,34). The van der Waals surface area contributed by atoms with E-state index in [1.165, 1.54) is 9.80 Å². The maximum absolute atomic E-state index is 13.7. The van der Waals surface area contributed by atoms with Crippen LogP contribution in [0.2, 0.25) is 5.02 Å². The van der Waals surface area contributed by atoms with Crippen LogP contribution >= 0.6 is 35.6 Å². The first-order chi connectivity index (χ1) is 19.3. The topological polar surface area (TPSA) is 88.2 Å². The summed E-state index contributed by atoms with van der Waals surface area (Å²) in [7, 11) is 3.13. The van der Waals surface area contributed by atoms with Gasteiger partial charge in [0.1, 0.15) is 10.9 Å².